The summed E-state index contributed by atoms with van der Waals surface area (Å²) < 4.78 is 35.5. The minimum atomic E-state index is -4.08. The van der Waals surface area contributed by atoms with Crippen molar-refractivity contribution in [2.75, 3.05) is 0 Å². The second-order valence-electron chi connectivity index (χ2n) is 10.9. The first-order chi connectivity index (χ1) is 19.0. The number of rotatable bonds is 8. The highest BCUT2D eigenvalue weighted by Gasteiger charge is 2.71. The number of nitrogens with two attached hydrogens (primary N) is 2. The Kier molecular flexibility index (Phi) is 8.15. The SMILES string of the molecule is C[Si](C)(N)O[Si]1(O[Si](C)(C)N)O[Si](c2ccccc2)(c2ccccc2)O[Si](c2ccccc2)(c2ccccc2)O1. The summed E-state index contributed by atoms with van der Waals surface area (Å²) in [6, 6.07) is 40.3. The van der Waals surface area contributed by atoms with E-state index in [-0.39, 0.29) is 0 Å². The summed E-state index contributed by atoms with van der Waals surface area (Å²) in [5.41, 5.74) is 0. The van der Waals surface area contributed by atoms with Crippen molar-refractivity contribution in [3.05, 3.63) is 121 Å². The van der Waals surface area contributed by atoms with Crippen molar-refractivity contribution in [1.29, 1.82) is 0 Å². The molecule has 5 rings (SSSR count). The Morgan fingerprint density at radius 3 is 0.925 bits per heavy atom. The predicted molar refractivity (Wildman–Crippen MR) is 170 cm³/mol. The molecule has 0 unspecified atom stereocenters. The van der Waals surface area contributed by atoms with Gasteiger partial charge in [0, 0.05) is 0 Å². The van der Waals surface area contributed by atoms with Gasteiger partial charge in [-0.05, 0) is 46.9 Å². The first kappa shape index (κ1) is 29.2. The topological polar surface area (TPSA) is 98.2 Å². The fraction of sp³-hybridized carbons (Fsp3) is 0.143. The normalized spacial score (nSPS) is 18.2. The van der Waals surface area contributed by atoms with E-state index in [2.05, 4.69) is 48.5 Å². The van der Waals surface area contributed by atoms with Gasteiger partial charge in [0.25, 0.3) is 17.0 Å². The molecule has 4 N–H and O–H groups in total. The lowest BCUT2D eigenvalue weighted by atomic mass is 10.4. The summed E-state index contributed by atoms with van der Waals surface area (Å²) in [5.74, 6) is 0. The van der Waals surface area contributed by atoms with Crippen molar-refractivity contribution in [2.45, 2.75) is 26.2 Å². The molecular weight excluding hydrogens is 585 g/mol. The third-order valence-corrected chi connectivity index (χ3v) is 23.4. The van der Waals surface area contributed by atoms with Gasteiger partial charge in [0.2, 0.25) is 0 Å². The molecule has 0 bridgehead atoms. The molecule has 0 spiro atoms. The fourth-order valence-electron chi connectivity index (χ4n) is 4.80. The van der Waals surface area contributed by atoms with E-state index >= 15 is 0 Å². The Hall–Kier alpha value is -2.32. The summed E-state index contributed by atoms with van der Waals surface area (Å²) in [7, 11) is -16.9. The molecule has 1 aliphatic heterocycles. The molecule has 1 saturated heterocycles. The molecule has 0 amide bonds. The molecule has 12 heteroatoms. The zero-order valence-electron chi connectivity index (χ0n) is 23.2. The molecule has 1 aliphatic rings. The standard InChI is InChI=1S/C28H36N2O5Si5/c1-36(2,29)31-40(32-37(3,4)30)34-38(25-17-9-5-10-18-25,26-19-11-6-12-20-26)33-39(35-40,27-21-13-7-14-22-27)28-23-15-8-16-24-28/h5-24H,29-30H2,1-4H3. The van der Waals surface area contributed by atoms with Crippen LogP contribution in [0.2, 0.25) is 26.2 Å². The van der Waals surface area contributed by atoms with Crippen LogP contribution in [0.25, 0.3) is 0 Å². The lowest BCUT2D eigenvalue weighted by Gasteiger charge is -2.53. The molecule has 0 saturated carbocycles. The lowest BCUT2D eigenvalue weighted by molar-refractivity contribution is 0.101. The van der Waals surface area contributed by atoms with Crippen molar-refractivity contribution in [2.24, 2.45) is 10.8 Å². The van der Waals surface area contributed by atoms with Gasteiger partial charge in [0.15, 0.2) is 0 Å². The highest BCUT2D eigenvalue weighted by atomic mass is 28.6. The maximum atomic E-state index is 7.55. The summed E-state index contributed by atoms with van der Waals surface area (Å²) >= 11 is 0. The molecule has 40 heavy (non-hydrogen) atoms. The Morgan fingerprint density at radius 2 is 0.700 bits per heavy atom. The minimum absolute atomic E-state index is 0.922. The molecule has 1 heterocycles. The van der Waals surface area contributed by atoms with Crippen molar-refractivity contribution in [3.8, 4) is 0 Å². The molecule has 0 aliphatic carbocycles. The first-order valence-electron chi connectivity index (χ1n) is 13.3. The van der Waals surface area contributed by atoms with Crippen LogP contribution in [0.5, 0.6) is 0 Å². The minimum Gasteiger partial charge on any atom is -0.402 e. The Labute approximate surface area is 242 Å². The van der Waals surface area contributed by atoms with Gasteiger partial charge in [-0.25, -0.2) is 0 Å². The molecule has 7 nitrogen and oxygen atoms in total. The van der Waals surface area contributed by atoms with Gasteiger partial charge < -0.3 is 31.4 Å². The van der Waals surface area contributed by atoms with Gasteiger partial charge >= 0.3 is 26.2 Å². The molecule has 0 atom stereocenters. The highest BCUT2D eigenvalue weighted by Crippen LogP contribution is 2.34. The van der Waals surface area contributed by atoms with Gasteiger partial charge in [-0.3, -0.25) is 0 Å². The van der Waals surface area contributed by atoms with Gasteiger partial charge in [-0.1, -0.05) is 121 Å². The molecule has 0 aromatic heterocycles. The average molecular weight is 621 g/mol. The van der Waals surface area contributed by atoms with Crippen molar-refractivity contribution in [1.82, 2.24) is 0 Å². The van der Waals surface area contributed by atoms with Gasteiger partial charge in [0.05, 0.1) is 0 Å². The number of hydrogen-bond donors (Lipinski definition) is 2. The Bertz CT molecular complexity index is 1220. The van der Waals surface area contributed by atoms with Crippen molar-refractivity contribution in [3.63, 3.8) is 0 Å². The van der Waals surface area contributed by atoms with Crippen molar-refractivity contribution >= 4 is 63.9 Å². The maximum absolute atomic E-state index is 7.55. The van der Waals surface area contributed by atoms with Crippen LogP contribution in [0.1, 0.15) is 0 Å². The molecular formula is C28H36N2O5Si5. The average Bonchev–Trinajstić information content (AvgIpc) is 2.92. The highest BCUT2D eigenvalue weighted by molar-refractivity contribution is 7.11. The molecule has 4 aromatic rings. The predicted octanol–water partition coefficient (Wildman–Crippen LogP) is 2.35. The first-order valence-corrected chi connectivity index (χ1v) is 24.5. The van der Waals surface area contributed by atoms with Crippen molar-refractivity contribution < 1.29 is 20.6 Å². The third-order valence-electron chi connectivity index (χ3n) is 6.22. The van der Waals surface area contributed by atoms with E-state index in [1.165, 1.54) is 0 Å². The van der Waals surface area contributed by atoms with E-state index in [1.54, 1.807) is 0 Å². The van der Waals surface area contributed by atoms with Gasteiger partial charge in [-0.15, -0.1) is 0 Å². The Morgan fingerprint density at radius 1 is 0.450 bits per heavy atom. The summed E-state index contributed by atoms with van der Waals surface area (Å²) in [5, 5.41) is 17.0. The molecule has 1 fully saturated rings. The van der Waals surface area contributed by atoms with E-state index < -0.39 is 43.1 Å². The van der Waals surface area contributed by atoms with Crippen LogP contribution in [0, 0.1) is 0 Å². The second-order valence-corrected chi connectivity index (χ2v) is 27.2. The van der Waals surface area contributed by atoms with Crippen LogP contribution >= 0.6 is 0 Å². The largest absolute Gasteiger partial charge is 0.642 e. The third kappa shape index (κ3) is 6.13. The van der Waals surface area contributed by atoms with E-state index in [0.29, 0.717) is 0 Å². The molecule has 4 aromatic carbocycles. The van der Waals surface area contributed by atoms with E-state index in [9.17, 15) is 0 Å². The van der Waals surface area contributed by atoms with Crippen LogP contribution in [0.4, 0.5) is 0 Å². The summed E-state index contributed by atoms with van der Waals surface area (Å²) in [4.78, 5) is 0. The second kappa shape index (κ2) is 11.2. The quantitative estimate of drug-likeness (QED) is 0.292. The zero-order valence-corrected chi connectivity index (χ0v) is 28.2. The smallest absolute Gasteiger partial charge is 0.402 e. The van der Waals surface area contributed by atoms with E-state index in [1.807, 2.05) is 99.0 Å². The van der Waals surface area contributed by atoms with Crippen LogP contribution in [-0.4, -0.2) is 43.1 Å². The monoisotopic (exact) mass is 620 g/mol. The fourth-order valence-corrected chi connectivity index (χ4v) is 25.7. The molecule has 0 radical (unpaired) electrons. The van der Waals surface area contributed by atoms with E-state index in [4.69, 9.17) is 31.4 Å². The maximum Gasteiger partial charge on any atom is 0.642 e. The van der Waals surface area contributed by atoms with Gasteiger partial charge in [0.1, 0.15) is 0 Å². The van der Waals surface area contributed by atoms with Crippen LogP contribution in [0.15, 0.2) is 121 Å². The van der Waals surface area contributed by atoms with Crippen LogP contribution < -0.4 is 31.5 Å². The van der Waals surface area contributed by atoms with Crippen LogP contribution in [0.3, 0.4) is 0 Å². The van der Waals surface area contributed by atoms with Crippen LogP contribution in [-0.2, 0) is 20.6 Å². The summed E-state index contributed by atoms with van der Waals surface area (Å²) in [6.07, 6.45) is 0. The van der Waals surface area contributed by atoms with Gasteiger partial charge in [-0.2, -0.15) is 0 Å². The number of benzene rings is 4. The number of hydrogen-bond acceptors (Lipinski definition) is 7. The summed E-state index contributed by atoms with van der Waals surface area (Å²) in [6.45, 7) is 7.61. The molecule has 208 valence electrons. The Balaban J connectivity index is 1.90. The lowest BCUT2D eigenvalue weighted by Crippen LogP contribution is -2.86. The van der Waals surface area contributed by atoms with E-state index in [0.717, 1.165) is 20.7 Å². The zero-order chi connectivity index (χ0) is 28.5.